The zero-order valence-electron chi connectivity index (χ0n) is 16.0. The number of rotatable bonds is 6. The molecule has 1 aliphatic heterocycles. The van der Waals surface area contributed by atoms with Crippen molar-refractivity contribution in [2.75, 3.05) is 30.4 Å². The number of allylic oxidation sites excluding steroid dienone is 1. The molecule has 0 bridgehead atoms. The third-order valence-corrected chi connectivity index (χ3v) is 3.89. The van der Waals surface area contributed by atoms with Gasteiger partial charge in [-0.3, -0.25) is 9.88 Å². The SMILES string of the molecule is CO.[NH-]CC1CN(c2ccc(N/C=C(\N)Cc3ccccn3)c(F)c2)C(=O)O1.[Y]. The van der Waals surface area contributed by atoms with Gasteiger partial charge in [0.05, 0.1) is 17.9 Å². The van der Waals surface area contributed by atoms with Crippen molar-refractivity contribution in [2.45, 2.75) is 12.5 Å². The summed E-state index contributed by atoms with van der Waals surface area (Å²) >= 11 is 0. The van der Waals surface area contributed by atoms with Gasteiger partial charge in [0.2, 0.25) is 0 Å². The third-order valence-electron chi connectivity index (χ3n) is 3.89. The first-order valence-corrected chi connectivity index (χ1v) is 8.55. The van der Waals surface area contributed by atoms with Crippen molar-refractivity contribution in [3.8, 4) is 0 Å². The van der Waals surface area contributed by atoms with E-state index in [1.54, 1.807) is 12.3 Å². The van der Waals surface area contributed by atoms with Crippen LogP contribution >= 0.6 is 0 Å². The first-order valence-electron chi connectivity index (χ1n) is 8.55. The quantitative estimate of drug-likeness (QED) is 0.588. The number of ether oxygens (including phenoxy) is 1. The molecule has 1 saturated heterocycles. The summed E-state index contributed by atoms with van der Waals surface area (Å²) < 4.78 is 19.3. The summed E-state index contributed by atoms with van der Waals surface area (Å²) in [6.45, 7) is 0.218. The predicted molar refractivity (Wildman–Crippen MR) is 105 cm³/mol. The molecule has 29 heavy (non-hydrogen) atoms. The molecule has 1 aromatic heterocycles. The summed E-state index contributed by atoms with van der Waals surface area (Å²) in [5, 5.41) is 9.83. The maximum Gasteiger partial charge on any atom is 0.414 e. The second-order valence-electron chi connectivity index (χ2n) is 5.85. The number of pyridine rings is 1. The van der Waals surface area contributed by atoms with Crippen molar-refractivity contribution in [3.05, 3.63) is 71.7 Å². The molecule has 1 aromatic carbocycles. The second-order valence-corrected chi connectivity index (χ2v) is 5.85. The van der Waals surface area contributed by atoms with Crippen LogP contribution in [0.15, 0.2) is 54.5 Å². The molecule has 1 atom stereocenters. The Morgan fingerprint density at radius 2 is 2.21 bits per heavy atom. The van der Waals surface area contributed by atoms with Crippen molar-refractivity contribution in [3.63, 3.8) is 0 Å². The number of cyclic esters (lactones) is 1. The van der Waals surface area contributed by atoms with Gasteiger partial charge in [0.1, 0.15) is 11.9 Å². The number of hydrogen-bond acceptors (Lipinski definition) is 6. The molecule has 10 heteroatoms. The first-order chi connectivity index (χ1) is 13.6. The van der Waals surface area contributed by atoms with E-state index in [9.17, 15) is 9.18 Å². The van der Waals surface area contributed by atoms with E-state index in [1.165, 1.54) is 23.2 Å². The normalized spacial score (nSPS) is 15.7. The molecule has 1 aliphatic rings. The summed E-state index contributed by atoms with van der Waals surface area (Å²) in [6.07, 6.45) is 2.59. The maximum absolute atomic E-state index is 14.3. The van der Waals surface area contributed by atoms with E-state index in [1.807, 2.05) is 18.2 Å². The Kier molecular flexibility index (Phi) is 10.8. The maximum atomic E-state index is 14.3. The molecule has 0 spiro atoms. The molecule has 0 aliphatic carbocycles. The second kappa shape index (κ2) is 12.5. The van der Waals surface area contributed by atoms with E-state index in [2.05, 4.69) is 10.3 Å². The van der Waals surface area contributed by atoms with Crippen LogP contribution in [-0.4, -0.2) is 42.5 Å². The molecule has 5 N–H and O–H groups in total. The van der Waals surface area contributed by atoms with Crippen LogP contribution in [0.2, 0.25) is 0 Å². The Labute approximate surface area is 194 Å². The zero-order valence-corrected chi connectivity index (χ0v) is 18.8. The molecule has 1 unspecified atom stereocenters. The van der Waals surface area contributed by atoms with Crippen LogP contribution < -0.4 is 16.0 Å². The van der Waals surface area contributed by atoms with Crippen molar-refractivity contribution in [1.29, 1.82) is 0 Å². The number of halogens is 1. The fourth-order valence-corrected chi connectivity index (χ4v) is 2.56. The van der Waals surface area contributed by atoms with Gasteiger partial charge in [-0.05, 0) is 30.3 Å². The molecule has 2 aromatic rings. The van der Waals surface area contributed by atoms with E-state index in [0.717, 1.165) is 12.8 Å². The fraction of sp³-hybridized carbons (Fsp3) is 0.263. The van der Waals surface area contributed by atoms with Crippen molar-refractivity contribution >= 4 is 17.5 Å². The minimum atomic E-state index is -0.568. The number of carbonyl (C=O) groups is 1. The smallest absolute Gasteiger partial charge is 0.414 e. The third kappa shape index (κ3) is 7.04. The summed E-state index contributed by atoms with van der Waals surface area (Å²) in [7, 11) is 1.00. The number of aromatic nitrogens is 1. The molecule has 1 amide bonds. The van der Waals surface area contributed by atoms with Crippen LogP contribution in [0.25, 0.3) is 5.73 Å². The van der Waals surface area contributed by atoms with E-state index >= 15 is 0 Å². The molecule has 1 fully saturated rings. The number of amides is 1. The van der Waals surface area contributed by atoms with Gasteiger partial charge in [-0.2, -0.15) is 0 Å². The van der Waals surface area contributed by atoms with Gasteiger partial charge >= 0.3 is 6.09 Å². The van der Waals surface area contributed by atoms with Gasteiger partial charge in [-0.25, -0.2) is 9.18 Å². The van der Waals surface area contributed by atoms with Crippen LogP contribution in [-0.2, 0) is 43.9 Å². The molecular formula is C19H23FN5O3Y-. The van der Waals surface area contributed by atoms with E-state index in [0.29, 0.717) is 17.8 Å². The Morgan fingerprint density at radius 1 is 1.45 bits per heavy atom. The molecule has 1 radical (unpaired) electrons. The minimum Gasteiger partial charge on any atom is -0.674 e. The van der Waals surface area contributed by atoms with Crippen molar-refractivity contribution in [2.24, 2.45) is 5.73 Å². The topological polar surface area (TPSA) is 125 Å². The Balaban J connectivity index is 0.00000136. The number of carbonyl (C=O) groups excluding carboxylic acids is 1. The number of nitrogens with two attached hydrogens (primary N) is 1. The van der Waals surface area contributed by atoms with Gasteiger partial charge < -0.3 is 26.6 Å². The molecular weight excluding hydrogens is 454 g/mol. The fourth-order valence-electron chi connectivity index (χ4n) is 2.56. The number of aliphatic hydroxyl groups excluding tert-OH is 1. The Morgan fingerprint density at radius 3 is 2.79 bits per heavy atom. The standard InChI is InChI=1S/C18H19FN5O2.CH4O.Y/c19-16-8-14(24-11-15(9-20)26-18(24)25)4-5-17(16)23-10-12(21)7-13-3-1-2-6-22-13;1-2;/h1-6,8,10,15,20,23H,7,9,11,21H2;2H,1H3;/q-1;;/b12-10-;;. The van der Waals surface area contributed by atoms with Gasteiger partial charge in [-0.1, -0.05) is 6.07 Å². The van der Waals surface area contributed by atoms with Crippen LogP contribution in [0.3, 0.4) is 0 Å². The van der Waals surface area contributed by atoms with Gasteiger partial charge in [0.15, 0.2) is 0 Å². The average molecular weight is 477 g/mol. The van der Waals surface area contributed by atoms with Gasteiger partial charge in [-0.15, -0.1) is 6.54 Å². The molecule has 3 rings (SSSR count). The number of anilines is 2. The number of nitrogens with zero attached hydrogens (tertiary/aromatic N) is 2. The Hall–Kier alpha value is -2.07. The number of nitrogens with one attached hydrogen (secondary N) is 2. The first kappa shape index (κ1) is 25.0. The van der Waals surface area contributed by atoms with Crippen LogP contribution in [0.1, 0.15) is 5.69 Å². The van der Waals surface area contributed by atoms with Crippen LogP contribution in [0, 0.1) is 5.82 Å². The van der Waals surface area contributed by atoms with Crippen molar-refractivity contribution < 1.29 is 51.7 Å². The monoisotopic (exact) mass is 477 g/mol. The summed E-state index contributed by atoms with van der Waals surface area (Å²) in [4.78, 5) is 17.3. The van der Waals surface area contributed by atoms with E-state index in [-0.39, 0.29) is 51.5 Å². The minimum absolute atomic E-state index is 0. The zero-order chi connectivity index (χ0) is 20.5. The summed E-state index contributed by atoms with van der Waals surface area (Å²) in [5.74, 6) is -0.522. The summed E-state index contributed by atoms with van der Waals surface area (Å²) in [5.41, 5.74) is 15.2. The van der Waals surface area contributed by atoms with Crippen LogP contribution in [0.4, 0.5) is 20.6 Å². The van der Waals surface area contributed by atoms with E-state index < -0.39 is 18.0 Å². The summed E-state index contributed by atoms with van der Waals surface area (Å²) in [6, 6.07) is 9.93. The Bertz CT molecular complexity index is 823. The van der Waals surface area contributed by atoms with Gasteiger partial charge in [0, 0.05) is 70.0 Å². The predicted octanol–water partition coefficient (Wildman–Crippen LogP) is 2.66. The van der Waals surface area contributed by atoms with Gasteiger partial charge in [0.25, 0.3) is 0 Å². The molecule has 153 valence electrons. The largest absolute Gasteiger partial charge is 0.674 e. The number of aliphatic hydroxyl groups is 1. The van der Waals surface area contributed by atoms with Crippen LogP contribution in [0.5, 0.6) is 0 Å². The molecule has 8 nitrogen and oxygen atoms in total. The molecule has 0 saturated carbocycles. The average Bonchev–Trinajstić information content (AvgIpc) is 3.10. The van der Waals surface area contributed by atoms with Crippen molar-refractivity contribution in [1.82, 2.24) is 4.98 Å². The van der Waals surface area contributed by atoms with E-state index in [4.69, 9.17) is 21.3 Å². The number of hydrogen-bond donors (Lipinski definition) is 3. The number of benzene rings is 1. The molecule has 2 heterocycles.